The van der Waals surface area contributed by atoms with E-state index >= 15 is 0 Å². The Morgan fingerprint density at radius 2 is 2.11 bits per heavy atom. The molecular formula is C14H18O4. The molecule has 0 radical (unpaired) electrons. The van der Waals surface area contributed by atoms with Crippen molar-refractivity contribution < 1.29 is 19.7 Å². The molecule has 4 heteroatoms. The summed E-state index contributed by atoms with van der Waals surface area (Å²) in [6.45, 7) is 4.26. The molecule has 0 saturated carbocycles. The maximum atomic E-state index is 11.2. The lowest BCUT2D eigenvalue weighted by atomic mass is 9.86. The summed E-state index contributed by atoms with van der Waals surface area (Å²) in [7, 11) is 0. The first kappa shape index (κ1) is 12.9. The second-order valence-corrected chi connectivity index (χ2v) is 5.02. The fourth-order valence-electron chi connectivity index (χ4n) is 2.38. The van der Waals surface area contributed by atoms with Crippen molar-refractivity contribution in [3.8, 4) is 5.75 Å². The quantitative estimate of drug-likeness (QED) is 0.857. The molecule has 2 unspecified atom stereocenters. The van der Waals surface area contributed by atoms with E-state index < -0.39 is 18.0 Å². The van der Waals surface area contributed by atoms with E-state index in [1.165, 1.54) is 0 Å². The van der Waals surface area contributed by atoms with Crippen molar-refractivity contribution in [2.75, 3.05) is 6.61 Å². The molecule has 18 heavy (non-hydrogen) atoms. The maximum Gasteiger partial charge on any atom is 0.309 e. The summed E-state index contributed by atoms with van der Waals surface area (Å²) < 4.78 is 5.39. The predicted octanol–water partition coefficient (Wildman–Crippen LogP) is 2.01. The second kappa shape index (κ2) is 4.98. The van der Waals surface area contributed by atoms with Crippen molar-refractivity contribution in [2.45, 2.75) is 26.4 Å². The molecule has 0 aromatic heterocycles. The summed E-state index contributed by atoms with van der Waals surface area (Å²) in [5.41, 5.74) is 1.69. The van der Waals surface area contributed by atoms with Crippen molar-refractivity contribution in [3.63, 3.8) is 0 Å². The van der Waals surface area contributed by atoms with Crippen molar-refractivity contribution in [3.05, 3.63) is 29.3 Å². The Morgan fingerprint density at radius 3 is 2.72 bits per heavy atom. The van der Waals surface area contributed by atoms with E-state index in [4.69, 9.17) is 4.74 Å². The number of carboxylic acids is 1. The Bertz CT molecular complexity index is 453. The van der Waals surface area contributed by atoms with Crippen LogP contribution in [-0.4, -0.2) is 22.8 Å². The summed E-state index contributed by atoms with van der Waals surface area (Å²) in [6.07, 6.45) is -0.164. The summed E-state index contributed by atoms with van der Waals surface area (Å²) >= 11 is 0. The molecule has 0 bridgehead atoms. The lowest BCUT2D eigenvalue weighted by Gasteiger charge is -2.23. The normalized spacial score (nSPS) is 17.1. The van der Waals surface area contributed by atoms with Crippen LogP contribution in [0.15, 0.2) is 18.2 Å². The van der Waals surface area contributed by atoms with Crippen LogP contribution in [0.3, 0.4) is 0 Å². The SMILES string of the molecule is CC(C)C(C(=O)O)C(O)c1ccc2c(c1)CCO2. The molecular weight excluding hydrogens is 232 g/mol. The highest BCUT2D eigenvalue weighted by Crippen LogP contribution is 2.33. The number of benzene rings is 1. The molecule has 2 N–H and O–H groups in total. The van der Waals surface area contributed by atoms with Crippen molar-refractivity contribution in [1.29, 1.82) is 0 Å². The molecule has 0 amide bonds. The Kier molecular flexibility index (Phi) is 3.57. The number of carboxylic acid groups (broad SMARTS) is 1. The van der Waals surface area contributed by atoms with E-state index in [1.807, 2.05) is 6.07 Å². The van der Waals surface area contributed by atoms with E-state index in [-0.39, 0.29) is 5.92 Å². The Morgan fingerprint density at radius 1 is 1.39 bits per heavy atom. The second-order valence-electron chi connectivity index (χ2n) is 5.02. The van der Waals surface area contributed by atoms with Gasteiger partial charge in [0.1, 0.15) is 5.75 Å². The average Bonchev–Trinajstić information content (AvgIpc) is 2.74. The topological polar surface area (TPSA) is 66.8 Å². The van der Waals surface area contributed by atoms with Gasteiger partial charge in [-0.3, -0.25) is 4.79 Å². The molecule has 0 saturated heterocycles. The molecule has 0 aliphatic carbocycles. The molecule has 1 aliphatic rings. The number of hydrogen-bond acceptors (Lipinski definition) is 3. The first-order chi connectivity index (χ1) is 8.50. The lowest BCUT2D eigenvalue weighted by Crippen LogP contribution is -2.26. The van der Waals surface area contributed by atoms with Crippen LogP contribution in [0.1, 0.15) is 31.1 Å². The number of fused-ring (bicyclic) bond motifs is 1. The fourth-order valence-corrected chi connectivity index (χ4v) is 2.38. The number of carbonyl (C=O) groups is 1. The van der Waals surface area contributed by atoms with Crippen LogP contribution in [0.4, 0.5) is 0 Å². The monoisotopic (exact) mass is 250 g/mol. The molecule has 1 heterocycles. The smallest absolute Gasteiger partial charge is 0.309 e. The molecule has 1 aliphatic heterocycles. The molecule has 0 fully saturated rings. The van der Waals surface area contributed by atoms with Gasteiger partial charge in [0.05, 0.1) is 18.6 Å². The summed E-state index contributed by atoms with van der Waals surface area (Å²) in [6, 6.07) is 5.40. The highest BCUT2D eigenvalue weighted by molar-refractivity contribution is 5.71. The van der Waals surface area contributed by atoms with Crippen molar-refractivity contribution in [1.82, 2.24) is 0 Å². The van der Waals surface area contributed by atoms with Gasteiger partial charge in [-0.05, 0) is 29.2 Å². The molecule has 4 nitrogen and oxygen atoms in total. The van der Waals surface area contributed by atoms with E-state index in [9.17, 15) is 15.0 Å². The van der Waals surface area contributed by atoms with Crippen LogP contribution >= 0.6 is 0 Å². The predicted molar refractivity (Wildman–Crippen MR) is 66.6 cm³/mol. The van der Waals surface area contributed by atoms with Gasteiger partial charge in [-0.1, -0.05) is 19.9 Å². The standard InChI is InChI=1S/C14H18O4/c1-8(2)12(14(16)17)13(15)10-3-4-11-9(7-10)5-6-18-11/h3-4,7-8,12-13,15H,5-6H2,1-2H3,(H,16,17). The Balaban J connectivity index is 2.27. The summed E-state index contributed by atoms with van der Waals surface area (Å²) in [5, 5.41) is 19.4. The minimum Gasteiger partial charge on any atom is -0.493 e. The van der Waals surface area contributed by atoms with Gasteiger partial charge in [0, 0.05) is 6.42 Å². The molecule has 2 atom stereocenters. The molecule has 1 aromatic rings. The van der Waals surface area contributed by atoms with Gasteiger partial charge in [0.2, 0.25) is 0 Å². The van der Waals surface area contributed by atoms with Gasteiger partial charge in [-0.15, -0.1) is 0 Å². The highest BCUT2D eigenvalue weighted by atomic mass is 16.5. The molecule has 2 rings (SSSR count). The number of rotatable bonds is 4. The van der Waals surface area contributed by atoms with Crippen molar-refractivity contribution >= 4 is 5.97 Å². The van der Waals surface area contributed by atoms with E-state index in [1.54, 1.807) is 26.0 Å². The Labute approximate surface area is 106 Å². The van der Waals surface area contributed by atoms with Gasteiger partial charge in [-0.25, -0.2) is 0 Å². The minimum atomic E-state index is -0.978. The van der Waals surface area contributed by atoms with Crippen LogP contribution in [0, 0.1) is 11.8 Å². The van der Waals surface area contributed by atoms with Gasteiger partial charge < -0.3 is 14.9 Å². The fraction of sp³-hybridized carbons (Fsp3) is 0.500. The molecule has 0 spiro atoms. The minimum absolute atomic E-state index is 0.123. The van der Waals surface area contributed by atoms with Crippen LogP contribution in [0.5, 0.6) is 5.75 Å². The van der Waals surface area contributed by atoms with Crippen LogP contribution in [-0.2, 0) is 11.2 Å². The Hall–Kier alpha value is -1.55. The zero-order valence-corrected chi connectivity index (χ0v) is 10.6. The van der Waals surface area contributed by atoms with Gasteiger partial charge in [-0.2, -0.15) is 0 Å². The first-order valence-corrected chi connectivity index (χ1v) is 6.17. The van der Waals surface area contributed by atoms with E-state index in [0.717, 1.165) is 17.7 Å². The number of aliphatic hydroxyl groups excluding tert-OH is 1. The first-order valence-electron chi connectivity index (χ1n) is 6.17. The summed E-state index contributed by atoms with van der Waals surface area (Å²) in [5.74, 6) is -1.04. The average molecular weight is 250 g/mol. The number of hydrogen-bond donors (Lipinski definition) is 2. The summed E-state index contributed by atoms with van der Waals surface area (Å²) in [4.78, 5) is 11.2. The zero-order chi connectivity index (χ0) is 13.3. The van der Waals surface area contributed by atoms with Crippen LogP contribution in [0.25, 0.3) is 0 Å². The zero-order valence-electron chi connectivity index (χ0n) is 10.6. The number of ether oxygens (including phenoxy) is 1. The third-order valence-corrected chi connectivity index (χ3v) is 3.40. The van der Waals surface area contributed by atoms with E-state index in [2.05, 4.69) is 0 Å². The van der Waals surface area contributed by atoms with Gasteiger partial charge in [0.15, 0.2) is 0 Å². The highest BCUT2D eigenvalue weighted by Gasteiger charge is 2.31. The third kappa shape index (κ3) is 2.34. The number of aliphatic carboxylic acids is 1. The van der Waals surface area contributed by atoms with Crippen LogP contribution < -0.4 is 4.74 Å². The number of aliphatic hydroxyl groups is 1. The maximum absolute atomic E-state index is 11.2. The van der Waals surface area contributed by atoms with Gasteiger partial charge >= 0.3 is 5.97 Å². The molecule has 98 valence electrons. The largest absolute Gasteiger partial charge is 0.493 e. The lowest BCUT2D eigenvalue weighted by molar-refractivity contribution is -0.148. The third-order valence-electron chi connectivity index (χ3n) is 3.40. The van der Waals surface area contributed by atoms with Crippen LogP contribution in [0.2, 0.25) is 0 Å². The van der Waals surface area contributed by atoms with Crippen molar-refractivity contribution in [2.24, 2.45) is 11.8 Å². The molecule has 1 aromatic carbocycles. The van der Waals surface area contributed by atoms with Gasteiger partial charge in [0.25, 0.3) is 0 Å². The van der Waals surface area contributed by atoms with E-state index in [0.29, 0.717) is 12.2 Å².